The predicted molar refractivity (Wildman–Crippen MR) is 105 cm³/mol. The van der Waals surface area contributed by atoms with Gasteiger partial charge in [0, 0.05) is 0 Å². The van der Waals surface area contributed by atoms with Crippen LogP contribution in [0, 0.1) is 29.1 Å². The van der Waals surface area contributed by atoms with Crippen molar-refractivity contribution in [2.24, 2.45) is 17.8 Å². The maximum absolute atomic E-state index is 9.96. The molecule has 0 aliphatic heterocycles. The average molecular weight is 338 g/mol. The molecule has 2 aliphatic rings. The van der Waals surface area contributed by atoms with Gasteiger partial charge in [-0.25, -0.2) is 0 Å². The molecule has 0 heterocycles. The molecule has 0 amide bonds. The molecule has 0 unspecified atom stereocenters. The molecule has 2 saturated carbocycles. The highest BCUT2D eigenvalue weighted by atomic mass is 14.5. The van der Waals surface area contributed by atoms with Crippen molar-refractivity contribution in [3.63, 3.8) is 0 Å². The lowest BCUT2D eigenvalue weighted by atomic mass is 9.62. The Hall–Kier alpha value is -1.29. The highest BCUT2D eigenvalue weighted by molar-refractivity contribution is 5.35. The van der Waals surface area contributed by atoms with Crippen LogP contribution >= 0.6 is 0 Å². The van der Waals surface area contributed by atoms with Crippen LogP contribution in [0.2, 0.25) is 0 Å². The van der Waals surface area contributed by atoms with Crippen molar-refractivity contribution in [2.45, 2.75) is 89.9 Å². The smallest absolute Gasteiger partial charge is 0.0822 e. The Morgan fingerprint density at radius 3 is 2.04 bits per heavy atom. The first kappa shape index (κ1) is 18.5. The molecule has 0 radical (unpaired) electrons. The lowest BCUT2D eigenvalue weighted by Crippen LogP contribution is -2.33. The van der Waals surface area contributed by atoms with E-state index in [0.717, 1.165) is 37.0 Å². The molecule has 1 nitrogen and oxygen atoms in total. The van der Waals surface area contributed by atoms with Crippen molar-refractivity contribution in [3.05, 3.63) is 35.4 Å². The molecule has 1 aromatic carbocycles. The minimum atomic E-state index is -0.220. The summed E-state index contributed by atoms with van der Waals surface area (Å²) in [5, 5.41) is 9.96. The molecule has 0 atom stereocenters. The summed E-state index contributed by atoms with van der Waals surface area (Å²) in [6.07, 6.45) is 14.3. The van der Waals surface area contributed by atoms with Crippen molar-refractivity contribution in [2.75, 3.05) is 0 Å². The van der Waals surface area contributed by atoms with E-state index >= 15 is 0 Å². The van der Waals surface area contributed by atoms with Crippen LogP contribution in [0.3, 0.4) is 0 Å². The highest BCUT2D eigenvalue weighted by Gasteiger charge is 2.39. The first-order valence-electron chi connectivity index (χ1n) is 10.7. The van der Waals surface area contributed by atoms with Crippen LogP contribution in [0.4, 0.5) is 0 Å². The van der Waals surface area contributed by atoms with E-state index in [1.807, 2.05) is 0 Å². The normalized spacial score (nSPS) is 32.9. The Morgan fingerprint density at radius 2 is 1.52 bits per heavy atom. The van der Waals surface area contributed by atoms with E-state index in [-0.39, 0.29) is 5.41 Å². The van der Waals surface area contributed by atoms with Gasteiger partial charge in [-0.3, -0.25) is 0 Å². The van der Waals surface area contributed by atoms with Gasteiger partial charge in [-0.15, -0.1) is 0 Å². The van der Waals surface area contributed by atoms with Crippen LogP contribution in [0.15, 0.2) is 24.3 Å². The van der Waals surface area contributed by atoms with Crippen LogP contribution in [-0.2, 0) is 11.8 Å². The molecule has 0 N–H and O–H groups in total. The molecule has 1 aromatic rings. The van der Waals surface area contributed by atoms with Gasteiger partial charge in [0.25, 0.3) is 0 Å². The lowest BCUT2D eigenvalue weighted by Gasteiger charge is -2.41. The monoisotopic (exact) mass is 337 g/mol. The highest BCUT2D eigenvalue weighted by Crippen LogP contribution is 2.47. The molecule has 0 bridgehead atoms. The minimum absolute atomic E-state index is 0.220. The number of aryl methyl sites for hydroxylation is 1. The molecule has 25 heavy (non-hydrogen) atoms. The molecule has 2 fully saturated rings. The van der Waals surface area contributed by atoms with Crippen LogP contribution < -0.4 is 0 Å². The lowest BCUT2D eigenvalue weighted by molar-refractivity contribution is 0.144. The summed E-state index contributed by atoms with van der Waals surface area (Å²) in [5.41, 5.74) is 2.41. The molecule has 2 aliphatic carbocycles. The number of rotatable bonds is 5. The molecular weight excluding hydrogens is 302 g/mol. The third-order valence-electron chi connectivity index (χ3n) is 7.27. The Balaban J connectivity index is 1.59. The fraction of sp³-hybridized carbons (Fsp3) is 0.708. The fourth-order valence-electron chi connectivity index (χ4n) is 5.49. The van der Waals surface area contributed by atoms with Crippen LogP contribution in [0.1, 0.15) is 89.2 Å². The molecule has 3 rings (SSSR count). The number of nitriles is 1. The second-order valence-corrected chi connectivity index (χ2v) is 8.65. The van der Waals surface area contributed by atoms with Crippen molar-refractivity contribution < 1.29 is 0 Å². The first-order chi connectivity index (χ1) is 12.2. The van der Waals surface area contributed by atoms with Gasteiger partial charge in [-0.2, -0.15) is 5.26 Å². The van der Waals surface area contributed by atoms with E-state index in [4.69, 9.17) is 0 Å². The number of hydrogen-bond donors (Lipinski definition) is 0. The van der Waals surface area contributed by atoms with E-state index in [0.29, 0.717) is 0 Å². The molecule has 136 valence electrons. The van der Waals surface area contributed by atoms with Gasteiger partial charge >= 0.3 is 0 Å². The molecule has 0 spiro atoms. The summed E-state index contributed by atoms with van der Waals surface area (Å²) in [6.45, 7) is 4.51. The number of hydrogen-bond acceptors (Lipinski definition) is 1. The van der Waals surface area contributed by atoms with Gasteiger partial charge in [0.05, 0.1) is 11.5 Å². The third-order valence-corrected chi connectivity index (χ3v) is 7.27. The Kier molecular flexibility index (Phi) is 6.21. The maximum Gasteiger partial charge on any atom is 0.0822 e. The zero-order chi connectivity index (χ0) is 17.7. The largest absolute Gasteiger partial charge is 0.197 e. The summed E-state index contributed by atoms with van der Waals surface area (Å²) in [7, 11) is 0. The van der Waals surface area contributed by atoms with Crippen LogP contribution in [-0.4, -0.2) is 0 Å². The second-order valence-electron chi connectivity index (χ2n) is 8.65. The quantitative estimate of drug-likeness (QED) is 0.579. The van der Waals surface area contributed by atoms with E-state index < -0.39 is 0 Å². The van der Waals surface area contributed by atoms with Gasteiger partial charge in [-0.05, 0) is 73.8 Å². The summed E-state index contributed by atoms with van der Waals surface area (Å²) >= 11 is 0. The Morgan fingerprint density at radius 1 is 0.920 bits per heavy atom. The second kappa shape index (κ2) is 8.39. The van der Waals surface area contributed by atoms with Crippen LogP contribution in [0.5, 0.6) is 0 Å². The molecule has 0 saturated heterocycles. The van der Waals surface area contributed by atoms with Gasteiger partial charge in [-0.1, -0.05) is 63.8 Å². The standard InChI is InChI=1S/C24H35N/c1-3-5-20-6-10-21(11-7-20)22-14-16-24(18-25,17-15-22)23-12-8-19(4-2)9-13-23/h8-9,12-13,20-22H,3-7,10-11,14-17H2,1-2H3. The topological polar surface area (TPSA) is 23.8 Å². The zero-order valence-electron chi connectivity index (χ0n) is 16.3. The zero-order valence-corrected chi connectivity index (χ0v) is 16.3. The Labute approximate surface area is 154 Å². The third kappa shape index (κ3) is 4.11. The van der Waals surface area contributed by atoms with E-state index in [1.54, 1.807) is 0 Å². The summed E-state index contributed by atoms with van der Waals surface area (Å²) in [5.74, 6) is 2.81. The van der Waals surface area contributed by atoms with Crippen molar-refractivity contribution >= 4 is 0 Å². The number of nitrogens with zero attached hydrogens (tertiary/aromatic N) is 1. The van der Waals surface area contributed by atoms with Gasteiger partial charge in [0.15, 0.2) is 0 Å². The van der Waals surface area contributed by atoms with E-state index in [9.17, 15) is 5.26 Å². The Bertz CT molecular complexity index is 563. The molecular formula is C24H35N. The first-order valence-corrected chi connectivity index (χ1v) is 10.7. The van der Waals surface area contributed by atoms with Crippen LogP contribution in [0.25, 0.3) is 0 Å². The van der Waals surface area contributed by atoms with E-state index in [1.165, 1.54) is 62.5 Å². The summed E-state index contributed by atoms with van der Waals surface area (Å²) < 4.78 is 0. The summed E-state index contributed by atoms with van der Waals surface area (Å²) in [6, 6.07) is 11.6. The number of benzene rings is 1. The summed E-state index contributed by atoms with van der Waals surface area (Å²) in [4.78, 5) is 0. The molecule has 0 aromatic heterocycles. The van der Waals surface area contributed by atoms with Gasteiger partial charge in [0.1, 0.15) is 0 Å². The van der Waals surface area contributed by atoms with Crippen molar-refractivity contribution in [3.8, 4) is 6.07 Å². The predicted octanol–water partition coefficient (Wildman–Crippen LogP) is 6.81. The van der Waals surface area contributed by atoms with Gasteiger partial charge in [0.2, 0.25) is 0 Å². The van der Waals surface area contributed by atoms with E-state index in [2.05, 4.69) is 44.2 Å². The maximum atomic E-state index is 9.96. The van der Waals surface area contributed by atoms with Crippen molar-refractivity contribution in [1.82, 2.24) is 0 Å². The fourth-order valence-corrected chi connectivity index (χ4v) is 5.49. The SMILES string of the molecule is CCCC1CCC(C2CCC(C#N)(c3ccc(CC)cc3)CC2)CC1. The average Bonchev–Trinajstić information content (AvgIpc) is 2.69. The van der Waals surface area contributed by atoms with Crippen molar-refractivity contribution in [1.29, 1.82) is 5.26 Å². The van der Waals surface area contributed by atoms with Gasteiger partial charge < -0.3 is 0 Å². The molecule has 1 heteroatoms. The minimum Gasteiger partial charge on any atom is -0.197 e.